The van der Waals surface area contributed by atoms with Gasteiger partial charge in [-0.2, -0.15) is 0 Å². The third kappa shape index (κ3) is 4.52. The van der Waals surface area contributed by atoms with E-state index >= 15 is 0 Å². The summed E-state index contributed by atoms with van der Waals surface area (Å²) in [6, 6.07) is 14.0. The molecule has 0 unspecified atom stereocenters. The molecule has 2 aromatic carbocycles. The predicted octanol–water partition coefficient (Wildman–Crippen LogP) is 4.76. The van der Waals surface area contributed by atoms with Gasteiger partial charge >= 0.3 is 0 Å². The monoisotopic (exact) mass is 324 g/mol. The maximum atomic E-state index is 12.0. The molecule has 0 spiro atoms. The van der Waals surface area contributed by atoms with Crippen LogP contribution in [0.1, 0.15) is 37.3 Å². The number of nitrogens with zero attached hydrogens (tertiary/aromatic N) is 1. The number of hydrogen-bond donors (Lipinski definition) is 1. The number of nitro groups is 1. The van der Waals surface area contributed by atoms with Crippen molar-refractivity contribution in [2.24, 2.45) is 0 Å². The van der Waals surface area contributed by atoms with Gasteiger partial charge in [0.25, 0.3) is 5.69 Å². The van der Waals surface area contributed by atoms with Crippen LogP contribution in [0.4, 0.5) is 11.4 Å². The van der Waals surface area contributed by atoms with Crippen LogP contribution in [-0.2, 0) is 4.79 Å². The van der Waals surface area contributed by atoms with Gasteiger partial charge in [-0.15, -0.1) is 0 Å². The van der Waals surface area contributed by atoms with Crippen LogP contribution in [0.15, 0.2) is 54.6 Å². The summed E-state index contributed by atoms with van der Waals surface area (Å²) >= 11 is 0. The fraction of sp³-hybridized carbons (Fsp3) is 0.211. The molecule has 0 aliphatic heterocycles. The SMILES string of the molecule is CC[C@@H](C)c1ccc(NC(=O)/C=C/c2ccccc2[N+](=O)[O-])cc1. The van der Waals surface area contributed by atoms with E-state index in [-0.39, 0.29) is 11.6 Å². The molecular formula is C19H20N2O3. The van der Waals surface area contributed by atoms with Gasteiger partial charge in [-0.25, -0.2) is 0 Å². The Morgan fingerprint density at radius 3 is 2.50 bits per heavy atom. The average Bonchev–Trinajstić information content (AvgIpc) is 2.60. The summed E-state index contributed by atoms with van der Waals surface area (Å²) in [6.45, 7) is 4.29. The molecule has 2 rings (SSSR count). The molecule has 0 heterocycles. The highest BCUT2D eigenvalue weighted by Gasteiger charge is 2.10. The summed E-state index contributed by atoms with van der Waals surface area (Å²) in [6.07, 6.45) is 3.80. The Hall–Kier alpha value is -2.95. The summed E-state index contributed by atoms with van der Waals surface area (Å²) in [5.41, 5.74) is 2.29. The average molecular weight is 324 g/mol. The standard InChI is InChI=1S/C19H20N2O3/c1-3-14(2)15-8-11-17(12-9-15)20-19(22)13-10-16-6-4-5-7-18(16)21(23)24/h4-14H,3H2,1-2H3,(H,20,22)/b13-10+/t14-/m1/s1. The topological polar surface area (TPSA) is 72.2 Å². The van der Waals surface area contributed by atoms with E-state index in [1.165, 1.54) is 23.8 Å². The van der Waals surface area contributed by atoms with E-state index in [9.17, 15) is 14.9 Å². The van der Waals surface area contributed by atoms with Crippen molar-refractivity contribution in [3.63, 3.8) is 0 Å². The minimum absolute atomic E-state index is 0.0283. The van der Waals surface area contributed by atoms with Crippen molar-refractivity contribution in [3.05, 3.63) is 75.8 Å². The zero-order chi connectivity index (χ0) is 17.5. The minimum Gasteiger partial charge on any atom is -0.323 e. The Kier molecular flexibility index (Phi) is 5.84. The van der Waals surface area contributed by atoms with E-state index in [2.05, 4.69) is 19.2 Å². The molecular weight excluding hydrogens is 304 g/mol. The van der Waals surface area contributed by atoms with Gasteiger partial charge in [0.15, 0.2) is 0 Å². The zero-order valence-corrected chi connectivity index (χ0v) is 13.7. The van der Waals surface area contributed by atoms with Crippen molar-refractivity contribution >= 4 is 23.4 Å². The fourth-order valence-corrected chi connectivity index (χ4v) is 2.27. The quantitative estimate of drug-likeness (QED) is 0.473. The molecule has 2 aromatic rings. The molecule has 0 aliphatic carbocycles. The molecule has 0 saturated carbocycles. The van der Waals surface area contributed by atoms with Gasteiger partial charge < -0.3 is 5.32 Å². The fourth-order valence-electron chi connectivity index (χ4n) is 2.27. The highest BCUT2D eigenvalue weighted by atomic mass is 16.6. The number of benzene rings is 2. The molecule has 5 heteroatoms. The lowest BCUT2D eigenvalue weighted by Gasteiger charge is -2.09. The number of nitro benzene ring substituents is 1. The molecule has 0 radical (unpaired) electrons. The Bertz CT molecular complexity index is 751. The van der Waals surface area contributed by atoms with E-state index in [1.807, 2.05) is 24.3 Å². The molecule has 0 saturated heterocycles. The Balaban J connectivity index is 2.04. The molecule has 24 heavy (non-hydrogen) atoms. The van der Waals surface area contributed by atoms with Gasteiger partial charge in [-0.1, -0.05) is 38.1 Å². The molecule has 124 valence electrons. The number of rotatable bonds is 6. The van der Waals surface area contributed by atoms with Crippen molar-refractivity contribution in [1.82, 2.24) is 0 Å². The lowest BCUT2D eigenvalue weighted by atomic mass is 9.99. The molecule has 0 aliphatic rings. The molecule has 0 aromatic heterocycles. The van der Waals surface area contributed by atoms with Crippen LogP contribution in [0.2, 0.25) is 0 Å². The highest BCUT2D eigenvalue weighted by molar-refractivity contribution is 6.02. The first-order valence-corrected chi connectivity index (χ1v) is 7.83. The molecule has 0 bridgehead atoms. The van der Waals surface area contributed by atoms with Crippen LogP contribution in [-0.4, -0.2) is 10.8 Å². The van der Waals surface area contributed by atoms with Gasteiger partial charge in [0.2, 0.25) is 5.91 Å². The number of nitrogens with one attached hydrogen (secondary N) is 1. The van der Waals surface area contributed by atoms with Gasteiger partial charge in [0, 0.05) is 17.8 Å². The van der Waals surface area contributed by atoms with Crippen LogP contribution in [0.25, 0.3) is 6.08 Å². The minimum atomic E-state index is -0.467. The Labute approximate surface area is 141 Å². The van der Waals surface area contributed by atoms with Crippen LogP contribution in [0, 0.1) is 10.1 Å². The maximum absolute atomic E-state index is 12.0. The first kappa shape index (κ1) is 17.4. The first-order valence-electron chi connectivity index (χ1n) is 7.83. The summed E-state index contributed by atoms with van der Waals surface area (Å²) in [5, 5.41) is 13.7. The van der Waals surface area contributed by atoms with Crippen molar-refractivity contribution < 1.29 is 9.72 Å². The molecule has 0 fully saturated rings. The van der Waals surface area contributed by atoms with E-state index in [0.717, 1.165) is 6.42 Å². The smallest absolute Gasteiger partial charge is 0.276 e. The van der Waals surface area contributed by atoms with E-state index < -0.39 is 4.92 Å². The molecule has 1 N–H and O–H groups in total. The number of carbonyl (C=O) groups is 1. The van der Waals surface area contributed by atoms with Crippen molar-refractivity contribution in [2.45, 2.75) is 26.2 Å². The number of carbonyl (C=O) groups excluding carboxylic acids is 1. The van der Waals surface area contributed by atoms with Crippen LogP contribution in [0.5, 0.6) is 0 Å². The van der Waals surface area contributed by atoms with E-state index in [4.69, 9.17) is 0 Å². The highest BCUT2D eigenvalue weighted by Crippen LogP contribution is 2.21. The van der Waals surface area contributed by atoms with Crippen molar-refractivity contribution in [3.8, 4) is 0 Å². The maximum Gasteiger partial charge on any atom is 0.276 e. The number of amides is 1. The first-order chi connectivity index (χ1) is 11.5. The van der Waals surface area contributed by atoms with Gasteiger partial charge in [-0.3, -0.25) is 14.9 Å². The zero-order valence-electron chi connectivity index (χ0n) is 13.7. The Morgan fingerprint density at radius 2 is 1.88 bits per heavy atom. The lowest BCUT2D eigenvalue weighted by Crippen LogP contribution is -2.07. The van der Waals surface area contributed by atoms with Crippen LogP contribution >= 0.6 is 0 Å². The number of hydrogen-bond acceptors (Lipinski definition) is 3. The second kappa shape index (κ2) is 8.06. The van der Waals surface area contributed by atoms with Crippen molar-refractivity contribution in [2.75, 3.05) is 5.32 Å². The van der Waals surface area contributed by atoms with Crippen LogP contribution in [0.3, 0.4) is 0 Å². The Morgan fingerprint density at radius 1 is 1.21 bits per heavy atom. The normalized spacial score (nSPS) is 12.1. The summed E-state index contributed by atoms with van der Waals surface area (Å²) in [7, 11) is 0. The summed E-state index contributed by atoms with van der Waals surface area (Å²) in [5.74, 6) is 0.151. The largest absolute Gasteiger partial charge is 0.323 e. The summed E-state index contributed by atoms with van der Waals surface area (Å²) in [4.78, 5) is 22.4. The second-order valence-electron chi connectivity index (χ2n) is 5.57. The number of para-hydroxylation sites is 1. The van der Waals surface area contributed by atoms with E-state index in [0.29, 0.717) is 17.2 Å². The lowest BCUT2D eigenvalue weighted by molar-refractivity contribution is -0.385. The van der Waals surface area contributed by atoms with E-state index in [1.54, 1.807) is 18.2 Å². The van der Waals surface area contributed by atoms with Crippen molar-refractivity contribution in [1.29, 1.82) is 0 Å². The van der Waals surface area contributed by atoms with Gasteiger partial charge in [0.05, 0.1) is 10.5 Å². The van der Waals surface area contributed by atoms with Crippen LogP contribution < -0.4 is 5.32 Å². The predicted molar refractivity (Wildman–Crippen MR) is 95.9 cm³/mol. The number of anilines is 1. The molecule has 5 nitrogen and oxygen atoms in total. The molecule has 1 atom stereocenters. The third-order valence-electron chi connectivity index (χ3n) is 3.91. The van der Waals surface area contributed by atoms with Gasteiger partial charge in [0.1, 0.15) is 0 Å². The molecule has 1 amide bonds. The second-order valence-corrected chi connectivity index (χ2v) is 5.57. The summed E-state index contributed by atoms with van der Waals surface area (Å²) < 4.78 is 0. The van der Waals surface area contributed by atoms with Gasteiger partial charge in [-0.05, 0) is 42.2 Å². The third-order valence-corrected chi connectivity index (χ3v) is 3.91.